The van der Waals surface area contributed by atoms with Gasteiger partial charge in [0.1, 0.15) is 5.69 Å². The van der Waals surface area contributed by atoms with Crippen LogP contribution in [0.25, 0.3) is 0 Å². The number of carbonyl (C=O) groups is 2. The van der Waals surface area contributed by atoms with Gasteiger partial charge in [0, 0.05) is 26.2 Å². The van der Waals surface area contributed by atoms with E-state index in [9.17, 15) is 9.59 Å². The monoisotopic (exact) mass is 193 g/mol. The van der Waals surface area contributed by atoms with Crippen LogP contribution in [0.5, 0.6) is 0 Å². The molecule has 1 saturated heterocycles. The Morgan fingerprint density at radius 3 is 2.86 bits per heavy atom. The summed E-state index contributed by atoms with van der Waals surface area (Å²) >= 11 is 0. The van der Waals surface area contributed by atoms with E-state index < -0.39 is 0 Å². The van der Waals surface area contributed by atoms with E-state index in [4.69, 9.17) is 0 Å². The minimum atomic E-state index is -0.156. The predicted molar refractivity (Wildman–Crippen MR) is 48.7 cm³/mol. The molecule has 0 saturated carbocycles. The van der Waals surface area contributed by atoms with Gasteiger partial charge in [-0.2, -0.15) is 5.10 Å². The molecule has 0 atom stereocenters. The molecule has 0 unspecified atom stereocenters. The maximum atomic E-state index is 11.7. The third-order valence-corrected chi connectivity index (χ3v) is 2.25. The number of aryl methyl sites for hydroxylation is 1. The number of likely N-dealkylation sites (tertiary alicyclic amines) is 1. The Hall–Kier alpha value is -1.65. The minimum Gasteiger partial charge on any atom is -0.329 e. The summed E-state index contributed by atoms with van der Waals surface area (Å²) in [4.78, 5) is 24.2. The number of Topliss-reactive ketones (excluding diaryl/α,β-unsaturated/α-hetero) is 1. The van der Waals surface area contributed by atoms with E-state index >= 15 is 0 Å². The van der Waals surface area contributed by atoms with Crippen molar-refractivity contribution in [1.82, 2.24) is 14.7 Å². The molecule has 1 aromatic heterocycles. The largest absolute Gasteiger partial charge is 0.329 e. The van der Waals surface area contributed by atoms with E-state index in [0.717, 1.165) is 0 Å². The van der Waals surface area contributed by atoms with Crippen LogP contribution in [0.1, 0.15) is 16.9 Å². The fourth-order valence-corrected chi connectivity index (χ4v) is 1.50. The van der Waals surface area contributed by atoms with Crippen molar-refractivity contribution in [2.24, 2.45) is 7.05 Å². The molecule has 1 aliphatic rings. The highest BCUT2D eigenvalue weighted by molar-refractivity contribution is 5.97. The van der Waals surface area contributed by atoms with Crippen LogP contribution in [0.3, 0.4) is 0 Å². The van der Waals surface area contributed by atoms with Crippen molar-refractivity contribution >= 4 is 11.7 Å². The molecule has 14 heavy (non-hydrogen) atoms. The summed E-state index contributed by atoms with van der Waals surface area (Å²) in [5.41, 5.74) is 0.405. The van der Waals surface area contributed by atoms with Crippen LogP contribution >= 0.6 is 0 Å². The van der Waals surface area contributed by atoms with Crippen LogP contribution in [0.2, 0.25) is 0 Å². The average molecular weight is 193 g/mol. The van der Waals surface area contributed by atoms with Crippen LogP contribution in [0, 0.1) is 0 Å². The molecule has 0 N–H and O–H groups in total. The summed E-state index contributed by atoms with van der Waals surface area (Å²) < 4.78 is 1.57. The van der Waals surface area contributed by atoms with Crippen molar-refractivity contribution in [3.05, 3.63) is 18.0 Å². The van der Waals surface area contributed by atoms with Gasteiger partial charge in [-0.05, 0) is 6.07 Å². The summed E-state index contributed by atoms with van der Waals surface area (Å²) in [6.45, 7) is 0.754. The molecular weight excluding hydrogens is 182 g/mol. The number of aromatic nitrogens is 2. The molecule has 1 amide bonds. The first kappa shape index (κ1) is 8.93. The first-order chi connectivity index (χ1) is 6.66. The highest BCUT2D eigenvalue weighted by Gasteiger charge is 2.25. The van der Waals surface area contributed by atoms with Gasteiger partial charge in [-0.1, -0.05) is 0 Å². The van der Waals surface area contributed by atoms with Crippen molar-refractivity contribution in [2.75, 3.05) is 13.1 Å². The summed E-state index contributed by atoms with van der Waals surface area (Å²) in [6.07, 6.45) is 2.18. The lowest BCUT2D eigenvalue weighted by atomic mass is 10.4. The quantitative estimate of drug-likeness (QED) is 0.622. The smallest absolute Gasteiger partial charge is 0.274 e. The summed E-state index contributed by atoms with van der Waals surface area (Å²) in [7, 11) is 1.76. The molecule has 0 spiro atoms. The highest BCUT2D eigenvalue weighted by Crippen LogP contribution is 2.08. The van der Waals surface area contributed by atoms with E-state index in [2.05, 4.69) is 5.10 Å². The van der Waals surface area contributed by atoms with E-state index in [1.807, 2.05) is 0 Å². The van der Waals surface area contributed by atoms with Gasteiger partial charge in [-0.15, -0.1) is 0 Å². The normalized spacial score (nSPS) is 16.4. The summed E-state index contributed by atoms with van der Waals surface area (Å²) in [6, 6.07) is 1.66. The van der Waals surface area contributed by atoms with Crippen LogP contribution in [-0.2, 0) is 11.8 Å². The molecular formula is C9H11N3O2. The standard InChI is InChI=1S/C9H11N3O2/c1-11-4-3-8(10-11)9(14)12-5-2-7(13)6-12/h3-4H,2,5-6H2,1H3. The Labute approximate surface area is 81.3 Å². The lowest BCUT2D eigenvalue weighted by molar-refractivity contribution is -0.116. The molecule has 1 aliphatic heterocycles. The minimum absolute atomic E-state index is 0.120. The molecule has 0 aromatic carbocycles. The molecule has 5 nitrogen and oxygen atoms in total. The molecule has 1 fully saturated rings. The Morgan fingerprint density at radius 1 is 1.57 bits per heavy atom. The van der Waals surface area contributed by atoms with Crippen molar-refractivity contribution in [3.63, 3.8) is 0 Å². The van der Waals surface area contributed by atoms with Gasteiger partial charge >= 0.3 is 0 Å². The molecule has 74 valence electrons. The summed E-state index contributed by atoms with van der Waals surface area (Å²) in [5.74, 6) is -0.0364. The molecule has 5 heteroatoms. The van der Waals surface area contributed by atoms with Gasteiger partial charge in [-0.25, -0.2) is 0 Å². The zero-order valence-electron chi connectivity index (χ0n) is 7.93. The highest BCUT2D eigenvalue weighted by atomic mass is 16.2. The van der Waals surface area contributed by atoms with Crippen LogP contribution in [0.15, 0.2) is 12.3 Å². The van der Waals surface area contributed by atoms with Crippen molar-refractivity contribution < 1.29 is 9.59 Å². The van der Waals surface area contributed by atoms with Crippen molar-refractivity contribution in [1.29, 1.82) is 0 Å². The zero-order chi connectivity index (χ0) is 10.1. The van der Waals surface area contributed by atoms with Gasteiger partial charge in [0.05, 0.1) is 6.54 Å². The third kappa shape index (κ3) is 1.53. The van der Waals surface area contributed by atoms with E-state index in [-0.39, 0.29) is 18.2 Å². The van der Waals surface area contributed by atoms with Crippen molar-refractivity contribution in [2.45, 2.75) is 6.42 Å². The lowest BCUT2D eigenvalue weighted by Crippen LogP contribution is -2.29. The molecule has 2 heterocycles. The van der Waals surface area contributed by atoms with E-state index in [1.54, 1.807) is 24.0 Å². The first-order valence-corrected chi connectivity index (χ1v) is 4.47. The van der Waals surface area contributed by atoms with Gasteiger partial charge in [-0.3, -0.25) is 14.3 Å². The van der Waals surface area contributed by atoms with Gasteiger partial charge in [0.15, 0.2) is 5.78 Å². The molecule has 2 rings (SSSR count). The van der Waals surface area contributed by atoms with Crippen molar-refractivity contribution in [3.8, 4) is 0 Å². The average Bonchev–Trinajstić information content (AvgIpc) is 2.73. The Kier molecular flexibility index (Phi) is 2.07. The number of carbonyl (C=O) groups excluding carboxylic acids is 2. The lowest BCUT2D eigenvalue weighted by Gasteiger charge is -2.11. The second-order valence-electron chi connectivity index (χ2n) is 3.39. The molecule has 0 bridgehead atoms. The summed E-state index contributed by atoms with van der Waals surface area (Å²) in [5, 5.41) is 3.99. The number of rotatable bonds is 1. The van der Waals surface area contributed by atoms with Gasteiger partial charge in [0.2, 0.25) is 0 Å². The number of amides is 1. The topological polar surface area (TPSA) is 55.2 Å². The third-order valence-electron chi connectivity index (χ3n) is 2.25. The van der Waals surface area contributed by atoms with E-state index in [0.29, 0.717) is 18.7 Å². The number of hydrogen-bond donors (Lipinski definition) is 0. The van der Waals surface area contributed by atoms with E-state index in [1.165, 1.54) is 4.90 Å². The maximum Gasteiger partial charge on any atom is 0.274 e. The van der Waals surface area contributed by atoms with Crippen LogP contribution in [-0.4, -0.2) is 39.5 Å². The maximum absolute atomic E-state index is 11.7. The zero-order valence-corrected chi connectivity index (χ0v) is 7.93. The predicted octanol–water partition coefficient (Wildman–Crippen LogP) is -0.165. The van der Waals surface area contributed by atoms with Crippen LogP contribution < -0.4 is 0 Å². The second kappa shape index (κ2) is 3.25. The number of ketones is 1. The van der Waals surface area contributed by atoms with Gasteiger partial charge in [0.25, 0.3) is 5.91 Å². The number of nitrogens with zero attached hydrogens (tertiary/aromatic N) is 3. The fourth-order valence-electron chi connectivity index (χ4n) is 1.50. The SMILES string of the molecule is Cn1ccc(C(=O)N2CCC(=O)C2)n1. The fraction of sp³-hybridized carbons (Fsp3) is 0.444. The Morgan fingerprint density at radius 2 is 2.36 bits per heavy atom. The number of hydrogen-bond acceptors (Lipinski definition) is 3. The Balaban J connectivity index is 2.12. The molecule has 0 aliphatic carbocycles. The van der Waals surface area contributed by atoms with Crippen LogP contribution in [0.4, 0.5) is 0 Å². The molecule has 0 radical (unpaired) electrons. The van der Waals surface area contributed by atoms with Gasteiger partial charge < -0.3 is 4.90 Å². The second-order valence-corrected chi connectivity index (χ2v) is 3.39. The Bertz CT molecular complexity index is 383. The molecule has 1 aromatic rings. The first-order valence-electron chi connectivity index (χ1n) is 4.47.